The Morgan fingerprint density at radius 3 is 2.59 bits per heavy atom. The molecule has 0 saturated carbocycles. The van der Waals surface area contributed by atoms with Gasteiger partial charge >= 0.3 is 113 Å². The fraction of sp³-hybridized carbons (Fsp3) is 0.571. The number of nitrogens with zero attached hydrogens (tertiary/aromatic N) is 1. The fourth-order valence-corrected chi connectivity index (χ4v) is 3.67. The number of benzene rings is 1. The van der Waals surface area contributed by atoms with Crippen LogP contribution in [-0.4, -0.2) is 48.5 Å². The summed E-state index contributed by atoms with van der Waals surface area (Å²) in [6, 6.07) is 4.31. The number of hydrogen-bond donors (Lipinski definition) is 0. The predicted molar refractivity (Wildman–Crippen MR) is 74.9 cm³/mol. The Labute approximate surface area is 113 Å². The molecule has 1 heterocycles. The summed E-state index contributed by atoms with van der Waals surface area (Å²) in [7, 11) is 1.74. The molecule has 3 heteroatoms. The van der Waals surface area contributed by atoms with Gasteiger partial charge in [0, 0.05) is 0 Å². The van der Waals surface area contributed by atoms with Gasteiger partial charge in [0.05, 0.1) is 0 Å². The molecule has 1 aromatic rings. The average molecular weight is 295 g/mol. The number of ether oxygens (including phenoxy) is 1. The molecule has 94 valence electrons. The summed E-state index contributed by atoms with van der Waals surface area (Å²) in [5, 5.41) is 0. The molecule has 0 N–H and O–H groups in total. The van der Waals surface area contributed by atoms with Crippen LogP contribution in [0.5, 0.6) is 5.75 Å². The van der Waals surface area contributed by atoms with Crippen molar-refractivity contribution >= 4 is 16.9 Å². The van der Waals surface area contributed by atoms with Gasteiger partial charge in [-0.05, 0) is 0 Å². The van der Waals surface area contributed by atoms with E-state index in [9.17, 15) is 0 Å². The van der Waals surface area contributed by atoms with Gasteiger partial charge in [-0.15, -0.1) is 0 Å². The average Bonchev–Trinajstić information content (AvgIpc) is 2.28. The maximum atomic E-state index is 5.34. The maximum absolute atomic E-state index is 5.34. The van der Waals surface area contributed by atoms with Crippen LogP contribution >= 0.6 is 0 Å². The van der Waals surface area contributed by atoms with Gasteiger partial charge in [0.15, 0.2) is 0 Å². The number of hydrogen-bond acceptors (Lipinski definition) is 2. The first-order valence-corrected chi connectivity index (χ1v) is 7.62. The Bertz CT molecular complexity index is 399. The first kappa shape index (κ1) is 13.0. The van der Waals surface area contributed by atoms with Crippen molar-refractivity contribution in [3.63, 3.8) is 0 Å². The number of likely N-dealkylation sites (tertiary alicyclic amines) is 1. The van der Waals surface area contributed by atoms with Crippen LogP contribution in [0.2, 0.25) is 4.71 Å². The molecule has 1 aromatic carbocycles. The monoisotopic (exact) mass is 295 g/mol. The molecule has 0 amide bonds. The molecule has 0 radical (unpaired) electrons. The molecule has 1 saturated heterocycles. The zero-order valence-electron chi connectivity index (χ0n) is 11.0. The van der Waals surface area contributed by atoms with Gasteiger partial charge in [-0.25, -0.2) is 0 Å². The summed E-state index contributed by atoms with van der Waals surface area (Å²) in [6.07, 6.45) is 1.16. The van der Waals surface area contributed by atoms with E-state index in [0.717, 1.165) is 16.9 Å². The molecule has 1 fully saturated rings. The van der Waals surface area contributed by atoms with Crippen LogP contribution in [0.25, 0.3) is 0 Å². The third-order valence-corrected chi connectivity index (χ3v) is 4.64. The van der Waals surface area contributed by atoms with E-state index in [1.807, 2.05) is 16.9 Å². The van der Waals surface area contributed by atoms with Crippen molar-refractivity contribution in [3.05, 3.63) is 28.8 Å². The molecule has 0 aromatic heterocycles. The quantitative estimate of drug-likeness (QED) is 0.782. The van der Waals surface area contributed by atoms with Gasteiger partial charge in [0.2, 0.25) is 0 Å². The van der Waals surface area contributed by atoms with Gasteiger partial charge < -0.3 is 0 Å². The summed E-state index contributed by atoms with van der Waals surface area (Å²) in [4.78, 5) is 2.55. The molecule has 2 rings (SSSR count). The van der Waals surface area contributed by atoms with Crippen LogP contribution in [0.1, 0.15) is 16.7 Å². The minimum atomic E-state index is 0.959. The van der Waals surface area contributed by atoms with E-state index < -0.39 is 0 Å². The molecular formula is C14H22AsNO. The van der Waals surface area contributed by atoms with Crippen LogP contribution in [-0.2, 0) is 6.42 Å². The first-order valence-electron chi connectivity index (χ1n) is 6.23. The second-order valence-corrected chi connectivity index (χ2v) is 6.92. The van der Waals surface area contributed by atoms with Crippen molar-refractivity contribution in [2.75, 3.05) is 26.7 Å². The van der Waals surface area contributed by atoms with E-state index in [4.69, 9.17) is 4.74 Å². The zero-order chi connectivity index (χ0) is 12.4. The fourth-order valence-electron chi connectivity index (χ4n) is 2.41. The molecule has 0 bridgehead atoms. The van der Waals surface area contributed by atoms with Crippen molar-refractivity contribution < 1.29 is 4.74 Å². The summed E-state index contributed by atoms with van der Waals surface area (Å²) in [6.45, 7) is 8.15. The molecule has 0 spiro atoms. The van der Waals surface area contributed by atoms with Gasteiger partial charge in [0.1, 0.15) is 0 Å². The first-order chi connectivity index (χ1) is 8.11. The van der Waals surface area contributed by atoms with E-state index in [1.165, 1.54) is 36.3 Å². The Morgan fingerprint density at radius 1 is 1.29 bits per heavy atom. The van der Waals surface area contributed by atoms with Crippen LogP contribution in [0.4, 0.5) is 0 Å². The van der Waals surface area contributed by atoms with Crippen LogP contribution < -0.4 is 4.74 Å². The summed E-state index contributed by atoms with van der Waals surface area (Å²) in [5.74, 6) is 1.01. The molecular weight excluding hydrogens is 273 g/mol. The van der Waals surface area contributed by atoms with Crippen molar-refractivity contribution in [1.29, 1.82) is 0 Å². The van der Waals surface area contributed by atoms with Crippen molar-refractivity contribution in [1.82, 2.24) is 4.90 Å². The Balaban J connectivity index is 1.99. The van der Waals surface area contributed by atoms with Gasteiger partial charge in [0.25, 0.3) is 0 Å². The molecule has 1 atom stereocenters. The SMILES string of the molecule is COc1ccc(CCN2CC([AsH2])C2)c(C)c1C. The Morgan fingerprint density at radius 2 is 2.00 bits per heavy atom. The van der Waals surface area contributed by atoms with Crippen molar-refractivity contribution in [2.45, 2.75) is 25.0 Å². The van der Waals surface area contributed by atoms with Gasteiger partial charge in [-0.2, -0.15) is 0 Å². The third kappa shape index (κ3) is 2.86. The second kappa shape index (κ2) is 5.45. The third-order valence-electron chi connectivity index (χ3n) is 3.75. The molecule has 1 aliphatic rings. The van der Waals surface area contributed by atoms with E-state index >= 15 is 0 Å². The Kier molecular flexibility index (Phi) is 4.17. The van der Waals surface area contributed by atoms with E-state index in [0.29, 0.717) is 0 Å². The molecule has 1 aliphatic heterocycles. The van der Waals surface area contributed by atoms with Crippen LogP contribution in [0.3, 0.4) is 0 Å². The second-order valence-electron chi connectivity index (χ2n) is 4.95. The summed E-state index contributed by atoms with van der Waals surface area (Å²) < 4.78 is 6.30. The van der Waals surface area contributed by atoms with Crippen molar-refractivity contribution in [3.8, 4) is 5.75 Å². The molecule has 1 unspecified atom stereocenters. The van der Waals surface area contributed by atoms with Crippen LogP contribution in [0.15, 0.2) is 12.1 Å². The normalized spacial score (nSPS) is 16.9. The minimum absolute atomic E-state index is 0.959. The van der Waals surface area contributed by atoms with E-state index in [-0.39, 0.29) is 0 Å². The topological polar surface area (TPSA) is 12.5 Å². The van der Waals surface area contributed by atoms with Crippen molar-refractivity contribution in [2.24, 2.45) is 0 Å². The van der Waals surface area contributed by atoms with Gasteiger partial charge in [-0.3, -0.25) is 0 Å². The zero-order valence-corrected chi connectivity index (χ0v) is 13.4. The van der Waals surface area contributed by atoms with E-state index in [1.54, 1.807) is 7.11 Å². The molecule has 2 nitrogen and oxygen atoms in total. The van der Waals surface area contributed by atoms with Crippen LogP contribution in [0, 0.1) is 13.8 Å². The Hall–Kier alpha value is -0.462. The van der Waals surface area contributed by atoms with Gasteiger partial charge in [-0.1, -0.05) is 0 Å². The van der Waals surface area contributed by atoms with E-state index in [2.05, 4.69) is 30.9 Å². The number of rotatable bonds is 4. The predicted octanol–water partition coefficient (Wildman–Crippen LogP) is 1.59. The molecule has 0 aliphatic carbocycles. The number of methoxy groups -OCH3 is 1. The summed E-state index contributed by atoms with van der Waals surface area (Å²) in [5.41, 5.74) is 4.14. The molecule has 17 heavy (non-hydrogen) atoms. The standard InChI is InChI=1S/C14H22AsNO/c1-10-11(2)14(17-3)5-4-12(10)6-7-16-8-13(15)9-16/h4-5,13H,6-9,15H2,1-3H3. The summed E-state index contributed by atoms with van der Waals surface area (Å²) >= 11 is 1.89.